The number of hydrogen-bond donors (Lipinski definition) is 0. The molecule has 0 bridgehead atoms. The van der Waals surface area contributed by atoms with Crippen molar-refractivity contribution in [3.63, 3.8) is 0 Å². The molecule has 0 fully saturated rings. The fraction of sp³-hybridized carbons (Fsp3) is 0. The van der Waals surface area contributed by atoms with Crippen LogP contribution in [0.1, 0.15) is 0 Å². The van der Waals surface area contributed by atoms with Gasteiger partial charge in [-0.15, -0.1) is 0 Å². The van der Waals surface area contributed by atoms with Gasteiger partial charge in [0.15, 0.2) is 0 Å². The Labute approximate surface area is 109 Å². The molecule has 0 aliphatic rings. The van der Waals surface area contributed by atoms with Crippen LogP contribution in [-0.4, -0.2) is 5.75 Å². The van der Waals surface area contributed by atoms with Crippen LogP contribution in [0.3, 0.4) is 0 Å². The van der Waals surface area contributed by atoms with E-state index in [9.17, 15) is 0 Å². The van der Waals surface area contributed by atoms with Crippen molar-refractivity contribution in [1.82, 2.24) is 0 Å². The van der Waals surface area contributed by atoms with E-state index in [1.807, 2.05) is 0 Å². The summed E-state index contributed by atoms with van der Waals surface area (Å²) < 4.78 is 0. The molecule has 0 heterocycles. The standard InChI is InChI=1S/CClO.CH3.2HI.V.Y/c2-1-3;;;;;/h;1H3;2*1H;;/q2*-1;;;+2;/p-2. The van der Waals surface area contributed by atoms with E-state index in [1.54, 1.807) is 0 Å². The van der Waals surface area contributed by atoms with E-state index >= 15 is 0 Å². The van der Waals surface area contributed by atoms with Gasteiger partial charge in [-0.25, -0.2) is 0 Å². The average Bonchev–Trinajstić information content (AvgIpc) is 1.39. The number of carbonyl (C=O) groups excluding carboxylic acids is 1. The molecule has 6 heteroatoms. The SMILES string of the molecule is O=[C-]Cl.[CH3-].[I][V][I].[Y]. The molecule has 0 saturated carbocycles. The summed E-state index contributed by atoms with van der Waals surface area (Å²) in [5.74, 6) is 0.972. The van der Waals surface area contributed by atoms with E-state index < -0.39 is 0 Å². The molecule has 0 unspecified atom stereocenters. The van der Waals surface area contributed by atoms with Gasteiger partial charge in [0.25, 0.3) is 0 Å². The Morgan fingerprint density at radius 3 is 1.50 bits per heavy atom. The predicted molar refractivity (Wildman–Crippen MR) is 46.0 cm³/mol. The molecule has 0 aromatic heterocycles. The van der Waals surface area contributed by atoms with Crippen LogP contribution < -0.4 is 0 Å². The molecule has 0 saturated heterocycles. The normalized spacial score (nSPS) is 3.38. The van der Waals surface area contributed by atoms with E-state index in [0.29, 0.717) is 9.47 Å². The maximum Gasteiger partial charge on any atom is 0 e. The number of hydrogen-bond acceptors (Lipinski definition) is 1. The Kier molecular flexibility index (Phi) is 90.2. The molecule has 0 aliphatic carbocycles. The minimum absolute atomic E-state index is 0. The second kappa shape index (κ2) is 32.1. The summed E-state index contributed by atoms with van der Waals surface area (Å²) in [4.78, 5) is 8.45. The average molecular weight is 472 g/mol. The van der Waals surface area contributed by atoms with Crippen molar-refractivity contribution in [3.8, 4) is 0 Å². The smallest absolute Gasteiger partial charge is 0 e. The van der Waals surface area contributed by atoms with Crippen molar-refractivity contribution >= 4 is 57.3 Å². The third kappa shape index (κ3) is 62.0. The van der Waals surface area contributed by atoms with Crippen molar-refractivity contribution in [1.29, 1.82) is 0 Å². The van der Waals surface area contributed by atoms with Gasteiger partial charge >= 0.3 is 49.4 Å². The van der Waals surface area contributed by atoms with E-state index in [0.717, 1.165) is 5.75 Å². The second-order valence-electron chi connectivity index (χ2n) is 0.141. The van der Waals surface area contributed by atoms with Crippen molar-refractivity contribution in [2.75, 3.05) is 0 Å². The Balaban J connectivity index is -0.0000000160. The molecule has 0 spiro atoms. The Morgan fingerprint density at radius 2 is 1.50 bits per heavy atom. The van der Waals surface area contributed by atoms with Crippen LogP contribution in [-0.2, 0) is 47.0 Å². The van der Waals surface area contributed by atoms with Crippen LogP contribution >= 0.6 is 51.6 Å². The summed E-state index contributed by atoms with van der Waals surface area (Å²) in [6.45, 7) is 0. The zero-order chi connectivity index (χ0) is 5.41. The topological polar surface area (TPSA) is 17.1 Å². The molecule has 8 heavy (non-hydrogen) atoms. The van der Waals surface area contributed by atoms with E-state index in [-0.39, 0.29) is 40.1 Å². The molecule has 1 nitrogen and oxygen atoms in total. The minimum Gasteiger partial charge on any atom is 0 e. The molecular weight excluding hydrogens is 469 g/mol. The maximum absolute atomic E-state index is 8.45. The fourth-order valence-corrected chi connectivity index (χ4v) is 0. The van der Waals surface area contributed by atoms with Crippen LogP contribution in [0, 0.1) is 7.43 Å². The number of halogens is 3. The minimum atomic E-state index is 0. The first-order valence-corrected chi connectivity index (χ1v) is 10.1. The van der Waals surface area contributed by atoms with Gasteiger partial charge in [-0.05, 0) is 0 Å². The van der Waals surface area contributed by atoms with Crippen LogP contribution in [0.4, 0.5) is 0 Å². The monoisotopic (exact) mass is 472 g/mol. The van der Waals surface area contributed by atoms with Crippen molar-refractivity contribution in [2.24, 2.45) is 0 Å². The summed E-state index contributed by atoms with van der Waals surface area (Å²) >= 11 is 8.93. The Morgan fingerprint density at radius 1 is 1.50 bits per heavy atom. The van der Waals surface area contributed by atoms with Crippen LogP contribution in [0.5, 0.6) is 0 Å². The first-order valence-electron chi connectivity index (χ1n) is 0.731. The first-order chi connectivity index (χ1) is 2.83. The summed E-state index contributed by atoms with van der Waals surface area (Å²) in [7, 11) is 0.628. The molecule has 0 amide bonds. The number of rotatable bonds is 0. The molecule has 0 aliphatic heterocycles. The van der Waals surface area contributed by atoms with Gasteiger partial charge in [-0.1, -0.05) is 0 Å². The largest absolute Gasteiger partial charge is 0 e. The van der Waals surface area contributed by atoms with Gasteiger partial charge in [0.05, 0.1) is 0 Å². The van der Waals surface area contributed by atoms with Gasteiger partial charge in [0, 0.05) is 32.7 Å². The van der Waals surface area contributed by atoms with Gasteiger partial charge < -0.3 is 23.8 Å². The molecule has 0 aromatic rings. The zero-order valence-electron chi connectivity index (χ0n) is 4.07. The third-order valence-corrected chi connectivity index (χ3v) is 0. The third-order valence-electron chi connectivity index (χ3n) is 0. The van der Waals surface area contributed by atoms with E-state index in [2.05, 4.69) is 51.6 Å². The summed E-state index contributed by atoms with van der Waals surface area (Å²) in [5, 5.41) is 0. The Hall–Kier alpha value is 3.11. The molecule has 0 atom stereocenters. The molecule has 0 rings (SSSR count). The van der Waals surface area contributed by atoms with Crippen molar-refractivity contribution < 1.29 is 47.0 Å². The van der Waals surface area contributed by atoms with Crippen LogP contribution in [0.15, 0.2) is 0 Å². The van der Waals surface area contributed by atoms with Gasteiger partial charge in [-0.2, -0.15) is 5.75 Å². The molecular formula is C2H3ClI2OVY-2. The van der Waals surface area contributed by atoms with Crippen LogP contribution in [0.25, 0.3) is 0 Å². The molecule has 0 N–H and O–H groups in total. The molecule has 48 valence electrons. The van der Waals surface area contributed by atoms with E-state index in [4.69, 9.17) is 4.79 Å². The zero-order valence-corrected chi connectivity index (χ0v) is 13.4. The van der Waals surface area contributed by atoms with Gasteiger partial charge in [-0.3, -0.25) is 0 Å². The maximum atomic E-state index is 8.45. The predicted octanol–water partition coefficient (Wildman–Crippen LogP) is 2.51. The van der Waals surface area contributed by atoms with Crippen molar-refractivity contribution in [2.45, 2.75) is 0 Å². The summed E-state index contributed by atoms with van der Waals surface area (Å²) in [5.41, 5.74) is 0. The Bertz CT molecular complexity index is 34.0. The summed E-state index contributed by atoms with van der Waals surface area (Å²) in [6.07, 6.45) is 0. The fourth-order valence-electron chi connectivity index (χ4n) is 0. The van der Waals surface area contributed by atoms with Crippen molar-refractivity contribution in [3.05, 3.63) is 7.43 Å². The summed E-state index contributed by atoms with van der Waals surface area (Å²) in [6, 6.07) is 0. The quantitative estimate of drug-likeness (QED) is 0.301. The van der Waals surface area contributed by atoms with E-state index in [1.165, 1.54) is 0 Å². The second-order valence-corrected chi connectivity index (χ2v) is 12.1. The van der Waals surface area contributed by atoms with Gasteiger partial charge in [0.1, 0.15) is 0 Å². The first kappa shape index (κ1) is 22.5. The molecule has 0 aromatic carbocycles. The van der Waals surface area contributed by atoms with Crippen LogP contribution in [0.2, 0.25) is 0 Å². The van der Waals surface area contributed by atoms with Gasteiger partial charge in [0.2, 0.25) is 0 Å². The molecule has 1 radical (unpaired) electrons.